The lowest BCUT2D eigenvalue weighted by Gasteiger charge is -2.33. The second-order valence-corrected chi connectivity index (χ2v) is 6.86. The number of rotatable bonds is 3. The highest BCUT2D eigenvalue weighted by molar-refractivity contribution is 8.00. The van der Waals surface area contributed by atoms with E-state index in [2.05, 4.69) is 18.7 Å². The van der Waals surface area contributed by atoms with Gasteiger partial charge in [0.25, 0.3) is 0 Å². The van der Waals surface area contributed by atoms with E-state index >= 15 is 0 Å². The summed E-state index contributed by atoms with van der Waals surface area (Å²) in [5.74, 6) is -0.177. The van der Waals surface area contributed by atoms with Crippen molar-refractivity contribution in [3.8, 4) is 0 Å². The minimum absolute atomic E-state index is 0.0671. The van der Waals surface area contributed by atoms with E-state index in [1.165, 1.54) is 0 Å². The molecule has 18 heavy (non-hydrogen) atoms. The number of carboxylic acids is 1. The van der Waals surface area contributed by atoms with Crippen LogP contribution in [-0.4, -0.2) is 39.6 Å². The fraction of sp³-hybridized carbons (Fsp3) is 0.615. The minimum atomic E-state index is -0.991. The van der Waals surface area contributed by atoms with E-state index in [0.29, 0.717) is 22.6 Å². The number of nitrogens with zero attached hydrogens (tertiary/aromatic N) is 1. The molecular formula is C13H19NO3S. The molecule has 0 bridgehead atoms. The highest BCUT2D eigenvalue weighted by Gasteiger charge is 2.24. The Balaban J connectivity index is 2.05. The maximum atomic E-state index is 10.9. The fourth-order valence-electron chi connectivity index (χ4n) is 2.47. The number of aryl methyl sites for hydroxylation is 1. The Kier molecular flexibility index (Phi) is 4.02. The molecule has 0 spiro atoms. The summed E-state index contributed by atoms with van der Waals surface area (Å²) in [4.78, 5) is 13.2. The van der Waals surface area contributed by atoms with E-state index in [1.807, 2.05) is 17.8 Å². The number of hydrogen-bond donors (Lipinski definition) is 1. The van der Waals surface area contributed by atoms with Crippen molar-refractivity contribution in [1.29, 1.82) is 0 Å². The topological polar surface area (TPSA) is 53.7 Å². The average Bonchev–Trinajstić information content (AvgIpc) is 2.57. The molecule has 2 heterocycles. The Hall–Kier alpha value is -0.940. The lowest BCUT2D eigenvalue weighted by Crippen LogP contribution is -2.39. The number of carboxylic acid groups (broad SMARTS) is 1. The maximum Gasteiger partial charge on any atom is 0.372 e. The first-order chi connectivity index (χ1) is 8.45. The second-order valence-electron chi connectivity index (χ2n) is 4.98. The lowest BCUT2D eigenvalue weighted by molar-refractivity contribution is 0.0657. The minimum Gasteiger partial charge on any atom is -0.475 e. The first kappa shape index (κ1) is 13.5. The Morgan fingerprint density at radius 2 is 2.11 bits per heavy atom. The molecule has 2 unspecified atom stereocenters. The summed E-state index contributed by atoms with van der Waals surface area (Å²) in [6.07, 6.45) is 0. The van der Waals surface area contributed by atoms with E-state index in [-0.39, 0.29) is 5.76 Å². The van der Waals surface area contributed by atoms with Crippen molar-refractivity contribution in [2.24, 2.45) is 0 Å². The second kappa shape index (κ2) is 5.36. The van der Waals surface area contributed by atoms with Crippen LogP contribution in [0.5, 0.6) is 0 Å². The predicted molar refractivity (Wildman–Crippen MR) is 72.2 cm³/mol. The van der Waals surface area contributed by atoms with Gasteiger partial charge in [-0.2, -0.15) is 11.8 Å². The van der Waals surface area contributed by atoms with Crippen LogP contribution in [0.1, 0.15) is 35.7 Å². The van der Waals surface area contributed by atoms with Gasteiger partial charge in [-0.1, -0.05) is 13.8 Å². The molecule has 0 radical (unpaired) electrons. The molecule has 0 aliphatic carbocycles. The largest absolute Gasteiger partial charge is 0.475 e. The van der Waals surface area contributed by atoms with E-state index in [4.69, 9.17) is 9.52 Å². The molecule has 1 saturated heterocycles. The van der Waals surface area contributed by atoms with Crippen LogP contribution in [0, 0.1) is 6.92 Å². The summed E-state index contributed by atoms with van der Waals surface area (Å²) in [6.45, 7) is 8.97. The van der Waals surface area contributed by atoms with E-state index in [9.17, 15) is 4.79 Å². The molecule has 4 nitrogen and oxygen atoms in total. The van der Waals surface area contributed by atoms with Crippen LogP contribution in [-0.2, 0) is 6.54 Å². The van der Waals surface area contributed by atoms with Gasteiger partial charge in [0.05, 0.1) is 6.54 Å². The van der Waals surface area contributed by atoms with Crippen molar-refractivity contribution >= 4 is 17.7 Å². The molecule has 1 aliphatic rings. The van der Waals surface area contributed by atoms with Gasteiger partial charge in [-0.3, -0.25) is 4.90 Å². The molecule has 0 aromatic carbocycles. The number of aromatic carboxylic acids is 1. The predicted octanol–water partition coefficient (Wildman–Crippen LogP) is 2.61. The number of carbonyl (C=O) groups is 1. The molecule has 1 fully saturated rings. The SMILES string of the molecule is Cc1cc(CN2CC(C)SC(C)C2)oc1C(=O)O. The van der Waals surface area contributed by atoms with Crippen molar-refractivity contribution in [3.05, 3.63) is 23.2 Å². The normalized spacial score (nSPS) is 25.3. The molecule has 1 aliphatic heterocycles. The number of hydrogen-bond acceptors (Lipinski definition) is 4. The van der Waals surface area contributed by atoms with Crippen LogP contribution < -0.4 is 0 Å². The van der Waals surface area contributed by atoms with Crippen LogP contribution >= 0.6 is 11.8 Å². The van der Waals surface area contributed by atoms with Crippen LogP contribution in [0.3, 0.4) is 0 Å². The molecule has 1 aromatic rings. The number of thioether (sulfide) groups is 1. The van der Waals surface area contributed by atoms with Crippen molar-refractivity contribution < 1.29 is 14.3 Å². The van der Waals surface area contributed by atoms with Crippen molar-refractivity contribution in [3.63, 3.8) is 0 Å². The summed E-state index contributed by atoms with van der Waals surface area (Å²) in [6, 6.07) is 1.83. The molecule has 0 amide bonds. The lowest BCUT2D eigenvalue weighted by atomic mass is 10.2. The number of furan rings is 1. The van der Waals surface area contributed by atoms with E-state index < -0.39 is 5.97 Å². The van der Waals surface area contributed by atoms with Gasteiger partial charge in [-0.15, -0.1) is 0 Å². The zero-order chi connectivity index (χ0) is 13.3. The summed E-state index contributed by atoms with van der Waals surface area (Å²) in [5.41, 5.74) is 0.699. The summed E-state index contributed by atoms with van der Waals surface area (Å²) >= 11 is 2.00. The molecule has 2 atom stereocenters. The van der Waals surface area contributed by atoms with Gasteiger partial charge in [-0.25, -0.2) is 4.79 Å². The third-order valence-electron chi connectivity index (χ3n) is 3.04. The van der Waals surface area contributed by atoms with Gasteiger partial charge in [-0.05, 0) is 13.0 Å². The van der Waals surface area contributed by atoms with Crippen molar-refractivity contribution in [1.82, 2.24) is 4.90 Å². The van der Waals surface area contributed by atoms with Crippen LogP contribution in [0.2, 0.25) is 0 Å². The summed E-state index contributed by atoms with van der Waals surface area (Å²) in [7, 11) is 0. The zero-order valence-corrected chi connectivity index (χ0v) is 11.8. The summed E-state index contributed by atoms with van der Waals surface area (Å²) in [5, 5.41) is 10.2. The van der Waals surface area contributed by atoms with Crippen LogP contribution in [0.4, 0.5) is 0 Å². The van der Waals surface area contributed by atoms with Gasteiger partial charge >= 0.3 is 5.97 Å². The molecule has 5 heteroatoms. The summed E-state index contributed by atoms with van der Waals surface area (Å²) < 4.78 is 5.40. The van der Waals surface area contributed by atoms with Crippen LogP contribution in [0.15, 0.2) is 10.5 Å². The molecule has 1 aromatic heterocycles. The average molecular weight is 269 g/mol. The highest BCUT2D eigenvalue weighted by Crippen LogP contribution is 2.26. The zero-order valence-electron chi connectivity index (χ0n) is 11.0. The first-order valence-corrected chi connectivity index (χ1v) is 7.10. The first-order valence-electron chi connectivity index (χ1n) is 6.16. The van der Waals surface area contributed by atoms with Gasteiger partial charge < -0.3 is 9.52 Å². The Bertz CT molecular complexity index is 433. The Labute approximate surface area is 111 Å². The monoisotopic (exact) mass is 269 g/mol. The highest BCUT2D eigenvalue weighted by atomic mass is 32.2. The van der Waals surface area contributed by atoms with Crippen molar-refractivity contribution in [2.75, 3.05) is 13.1 Å². The maximum absolute atomic E-state index is 10.9. The van der Waals surface area contributed by atoms with Crippen molar-refractivity contribution in [2.45, 2.75) is 37.8 Å². The smallest absolute Gasteiger partial charge is 0.372 e. The molecule has 2 rings (SSSR count). The Morgan fingerprint density at radius 3 is 2.61 bits per heavy atom. The van der Waals surface area contributed by atoms with Gasteiger partial charge in [0.2, 0.25) is 5.76 Å². The molecule has 1 N–H and O–H groups in total. The van der Waals surface area contributed by atoms with Gasteiger partial charge in [0.15, 0.2) is 0 Å². The standard InChI is InChI=1S/C13H19NO3S/c1-8-4-11(17-12(8)13(15)16)7-14-5-9(2)18-10(3)6-14/h4,9-10H,5-7H2,1-3H3,(H,15,16). The van der Waals surface area contributed by atoms with Crippen LogP contribution in [0.25, 0.3) is 0 Å². The fourth-order valence-corrected chi connectivity index (χ4v) is 3.86. The third-order valence-corrected chi connectivity index (χ3v) is 4.27. The third kappa shape index (κ3) is 3.09. The Morgan fingerprint density at radius 1 is 1.50 bits per heavy atom. The molecular weight excluding hydrogens is 250 g/mol. The van der Waals surface area contributed by atoms with E-state index in [0.717, 1.165) is 18.8 Å². The molecule has 100 valence electrons. The van der Waals surface area contributed by atoms with Gasteiger partial charge in [0.1, 0.15) is 5.76 Å². The quantitative estimate of drug-likeness (QED) is 0.914. The van der Waals surface area contributed by atoms with E-state index in [1.54, 1.807) is 6.92 Å². The van der Waals surface area contributed by atoms with Gasteiger partial charge in [0, 0.05) is 29.2 Å². The molecule has 0 saturated carbocycles.